The Balaban J connectivity index is 0. The summed E-state index contributed by atoms with van der Waals surface area (Å²) in [5, 5.41) is 2.05. The second-order valence-electron chi connectivity index (χ2n) is 3.65. The molecule has 0 unspecified atom stereocenters. The van der Waals surface area contributed by atoms with Gasteiger partial charge in [0.2, 0.25) is 0 Å². The first-order chi connectivity index (χ1) is 7.77. The first-order valence-electron chi connectivity index (χ1n) is 5.24. The summed E-state index contributed by atoms with van der Waals surface area (Å²) in [5.41, 5.74) is 0. The minimum atomic E-state index is -1.86. The summed E-state index contributed by atoms with van der Waals surface area (Å²) in [4.78, 5) is 11.9. The van der Waals surface area contributed by atoms with E-state index in [9.17, 15) is 4.79 Å². The molecule has 1 aliphatic rings. The van der Waals surface area contributed by atoms with Crippen molar-refractivity contribution in [3.8, 4) is 5.75 Å². The molecule has 0 atom stereocenters. The molecule has 0 saturated heterocycles. The Morgan fingerprint density at radius 2 is 1.79 bits per heavy atom. The fraction of sp³-hybridized carbons (Fsp3) is 0.154. The summed E-state index contributed by atoms with van der Waals surface area (Å²) in [6.45, 7) is 0. The van der Waals surface area contributed by atoms with Crippen molar-refractivity contribution in [3.63, 3.8) is 0 Å². The molecule has 105 valence electrons. The maximum atomic E-state index is 11.9. The Labute approximate surface area is 138 Å². The van der Waals surface area contributed by atoms with Gasteiger partial charge in [-0.25, -0.2) is 0 Å². The third kappa shape index (κ3) is 6.16. The Bertz CT molecular complexity index is 446. The van der Waals surface area contributed by atoms with Crippen molar-refractivity contribution in [1.82, 2.24) is 0 Å². The third-order valence-electron chi connectivity index (χ3n) is 2.51. The molecule has 0 aromatic heterocycles. The second-order valence-corrected chi connectivity index (χ2v) is 7.24. The number of allylic oxidation sites excluding steroid dienone is 4. The molecule has 0 heterocycles. The number of halogens is 3. The second kappa shape index (κ2) is 10.5. The zero-order chi connectivity index (χ0) is 11.4. The van der Waals surface area contributed by atoms with Crippen LogP contribution in [0.4, 0.5) is 4.79 Å². The average molecular weight is 358 g/mol. The first kappa shape index (κ1) is 21.1. The number of hydrogen-bond donors (Lipinski definition) is 0. The third-order valence-corrected chi connectivity index (χ3v) is 5.71. The Hall–Kier alpha value is -0.246. The molecule has 0 saturated carbocycles. The maximum absolute atomic E-state index is 11.9. The van der Waals surface area contributed by atoms with Crippen molar-refractivity contribution in [3.05, 3.63) is 52.4 Å². The first-order valence-corrected chi connectivity index (χ1v) is 8.36. The van der Waals surface area contributed by atoms with E-state index >= 15 is 0 Å². The van der Waals surface area contributed by atoms with Crippen LogP contribution in [0, 0.1) is 0 Å². The topological polar surface area (TPSA) is 26.3 Å². The molecule has 0 fully saturated rings. The van der Waals surface area contributed by atoms with Gasteiger partial charge >= 0.3 is 102 Å². The van der Waals surface area contributed by atoms with Gasteiger partial charge in [0.05, 0.1) is 0 Å². The zero-order valence-electron chi connectivity index (χ0n) is 10.4. The molecule has 2 nitrogen and oxygen atoms in total. The number of carbonyl (C=O) groups excluding carboxylic acids is 1. The molecule has 1 aromatic carbocycles. The van der Waals surface area contributed by atoms with E-state index in [4.69, 9.17) is 4.74 Å². The average Bonchev–Trinajstić information content (AvgIpc) is 2.83. The van der Waals surface area contributed by atoms with Gasteiger partial charge in [-0.2, -0.15) is 0 Å². The molecule has 0 amide bonds. The van der Waals surface area contributed by atoms with Crippen LogP contribution >= 0.6 is 37.2 Å². The summed E-state index contributed by atoms with van der Waals surface area (Å²) in [6.07, 6.45) is 7.08. The van der Waals surface area contributed by atoms with Gasteiger partial charge in [0.15, 0.2) is 0 Å². The van der Waals surface area contributed by atoms with Crippen LogP contribution in [0.15, 0.2) is 52.4 Å². The predicted octanol–water partition coefficient (Wildman–Crippen LogP) is 4.96. The van der Waals surface area contributed by atoms with E-state index in [2.05, 4.69) is 12.2 Å². The van der Waals surface area contributed by atoms with Gasteiger partial charge in [-0.05, 0) is 0 Å². The predicted molar refractivity (Wildman–Crippen MR) is 81.9 cm³/mol. The molecule has 1 aromatic rings. The number of carbonyl (C=O) groups is 1. The Kier molecular flexibility index (Phi) is 11.7. The Morgan fingerprint density at radius 3 is 2.32 bits per heavy atom. The monoisotopic (exact) mass is 357 g/mol. The minimum absolute atomic E-state index is 0. The van der Waals surface area contributed by atoms with E-state index in [1.807, 2.05) is 41.6 Å². The number of ether oxygens (including phenoxy) is 1. The molecule has 1 aliphatic carbocycles. The fourth-order valence-corrected chi connectivity index (χ4v) is 3.56. The van der Waals surface area contributed by atoms with E-state index in [1.165, 1.54) is 3.88 Å². The van der Waals surface area contributed by atoms with Gasteiger partial charge < -0.3 is 0 Å². The molecular formula is C13H16Cl3O2Ti. The van der Waals surface area contributed by atoms with Crippen molar-refractivity contribution >= 4 is 41.5 Å². The number of para-hydroxylation sites is 1. The molecule has 0 spiro atoms. The molecule has 0 N–H and O–H groups in total. The standard InChI is InChI=1S/C7H5O2.C5H5.CH3.3ClH.Ti/c8-6-9-7-4-2-1-3-5-7;1-2-4-5-3-1;;;;;/h1-5H;1-3H,4H2;1H3;3*1H;. The van der Waals surface area contributed by atoms with E-state index in [1.54, 1.807) is 0 Å². The van der Waals surface area contributed by atoms with Crippen LogP contribution in [0.1, 0.15) is 6.42 Å². The van der Waals surface area contributed by atoms with Crippen LogP contribution in [-0.2, 0) is 17.9 Å². The normalized spacial score (nSPS) is 11.3. The molecule has 0 radical (unpaired) electrons. The summed E-state index contributed by atoms with van der Waals surface area (Å²) in [6, 6.07) is 9.27. The van der Waals surface area contributed by atoms with E-state index in [0.29, 0.717) is 5.75 Å². The Morgan fingerprint density at radius 1 is 1.16 bits per heavy atom. The van der Waals surface area contributed by atoms with Crippen LogP contribution in [-0.4, -0.2) is 4.27 Å². The van der Waals surface area contributed by atoms with Gasteiger partial charge in [-0.1, -0.05) is 0 Å². The van der Waals surface area contributed by atoms with Gasteiger partial charge in [0.1, 0.15) is 0 Å². The van der Waals surface area contributed by atoms with E-state index < -0.39 is 17.9 Å². The van der Waals surface area contributed by atoms with Gasteiger partial charge in [0.25, 0.3) is 0 Å². The fourth-order valence-electron chi connectivity index (χ4n) is 1.53. The molecule has 19 heavy (non-hydrogen) atoms. The van der Waals surface area contributed by atoms with Crippen LogP contribution in [0.3, 0.4) is 0 Å². The summed E-state index contributed by atoms with van der Waals surface area (Å²) in [7, 11) is 0. The molecular weight excluding hydrogens is 342 g/mol. The van der Waals surface area contributed by atoms with Crippen molar-refractivity contribution in [1.29, 1.82) is 0 Å². The molecule has 6 heteroatoms. The van der Waals surface area contributed by atoms with Crippen LogP contribution < -0.4 is 4.74 Å². The van der Waals surface area contributed by atoms with Crippen molar-refractivity contribution < 1.29 is 27.4 Å². The van der Waals surface area contributed by atoms with Crippen LogP contribution in [0.2, 0.25) is 5.23 Å². The van der Waals surface area contributed by atoms with Gasteiger partial charge in [0, 0.05) is 0 Å². The SMILES string of the molecule is Cl.Cl.Cl.[CH3][Ti]([C](=O)Oc1ccccc1)[C]1=CC=CC1. The molecule has 2 rings (SSSR count). The summed E-state index contributed by atoms with van der Waals surface area (Å²) >= 11 is -1.86. The molecule has 0 aliphatic heterocycles. The molecule has 0 bridgehead atoms. The number of benzene rings is 1. The number of hydrogen-bond acceptors (Lipinski definition) is 2. The summed E-state index contributed by atoms with van der Waals surface area (Å²) in [5.74, 6) is 0.644. The number of rotatable bonds is 3. The van der Waals surface area contributed by atoms with Crippen molar-refractivity contribution in [2.75, 3.05) is 0 Å². The van der Waals surface area contributed by atoms with E-state index in [0.717, 1.165) is 6.42 Å². The van der Waals surface area contributed by atoms with Crippen LogP contribution in [0.5, 0.6) is 5.75 Å². The summed E-state index contributed by atoms with van der Waals surface area (Å²) < 4.78 is 6.61. The quantitative estimate of drug-likeness (QED) is 0.714. The van der Waals surface area contributed by atoms with Gasteiger partial charge in [-0.15, -0.1) is 37.2 Å². The van der Waals surface area contributed by atoms with Crippen molar-refractivity contribution in [2.24, 2.45) is 0 Å². The van der Waals surface area contributed by atoms with E-state index in [-0.39, 0.29) is 41.5 Å². The zero-order valence-corrected chi connectivity index (χ0v) is 14.4. The van der Waals surface area contributed by atoms with Gasteiger partial charge in [-0.3, -0.25) is 0 Å². The van der Waals surface area contributed by atoms with Crippen molar-refractivity contribution in [2.45, 2.75) is 11.6 Å². The van der Waals surface area contributed by atoms with Crippen LogP contribution in [0.25, 0.3) is 0 Å².